The summed E-state index contributed by atoms with van der Waals surface area (Å²) in [6.45, 7) is 7.92. The summed E-state index contributed by atoms with van der Waals surface area (Å²) in [7, 11) is -1.13. The summed E-state index contributed by atoms with van der Waals surface area (Å²) in [5.74, 6) is -0.405. The van der Waals surface area contributed by atoms with Crippen molar-refractivity contribution in [2.24, 2.45) is 0 Å². The Labute approximate surface area is 86.9 Å². The van der Waals surface area contributed by atoms with Crippen LogP contribution in [0.4, 0.5) is 0 Å². The van der Waals surface area contributed by atoms with Gasteiger partial charge in [0.1, 0.15) is 0 Å². The van der Waals surface area contributed by atoms with Crippen LogP contribution in [-0.2, 0) is 9.53 Å². The van der Waals surface area contributed by atoms with E-state index in [1.54, 1.807) is 5.70 Å². The van der Waals surface area contributed by atoms with Crippen LogP contribution in [0.25, 0.3) is 0 Å². The first-order valence-corrected chi connectivity index (χ1v) is 7.02. The lowest BCUT2D eigenvalue weighted by atomic mass is 10.5. The number of hydrogen-bond acceptors (Lipinski definition) is 3. The highest BCUT2D eigenvalue weighted by Gasteiger charge is 2.35. The van der Waals surface area contributed by atoms with Crippen molar-refractivity contribution in [2.45, 2.75) is 38.8 Å². The number of carbonyl (C=O) groups excluding carboxylic acids is 1. The van der Waals surface area contributed by atoms with E-state index in [9.17, 15) is 9.59 Å². The summed E-state index contributed by atoms with van der Waals surface area (Å²) in [4.78, 5) is 21.3. The molecule has 0 amide bonds. The minimum atomic E-state index is -2.46. The predicted octanol–water partition coefficient (Wildman–Crippen LogP) is 2.01. The lowest BCUT2D eigenvalue weighted by molar-refractivity contribution is -0.134. The molecule has 0 rings (SSSR count). The van der Waals surface area contributed by atoms with Crippen LogP contribution in [0.3, 0.4) is 0 Å². The van der Waals surface area contributed by atoms with Crippen LogP contribution in [0.2, 0.25) is 11.1 Å². The fourth-order valence-corrected chi connectivity index (χ4v) is 3.83. The Hall–Kier alpha value is -0.613. The van der Waals surface area contributed by atoms with Crippen LogP contribution in [-0.4, -0.2) is 26.2 Å². The SMILES string of the molecule is COC(=O)/C=C/[Si](O)(C(C)C)C(C)C. The molecular formula is C10H20O3Si. The van der Waals surface area contributed by atoms with Gasteiger partial charge in [0.25, 0.3) is 0 Å². The monoisotopic (exact) mass is 216 g/mol. The number of esters is 1. The van der Waals surface area contributed by atoms with Gasteiger partial charge in [0.2, 0.25) is 8.32 Å². The van der Waals surface area contributed by atoms with E-state index in [4.69, 9.17) is 0 Å². The zero-order valence-corrected chi connectivity index (χ0v) is 10.6. The van der Waals surface area contributed by atoms with Crippen LogP contribution in [0.5, 0.6) is 0 Å². The van der Waals surface area contributed by atoms with Gasteiger partial charge < -0.3 is 9.53 Å². The van der Waals surface area contributed by atoms with Gasteiger partial charge in [-0.25, -0.2) is 4.79 Å². The first kappa shape index (κ1) is 13.4. The Morgan fingerprint density at radius 1 is 1.29 bits per heavy atom. The van der Waals surface area contributed by atoms with Gasteiger partial charge in [0.15, 0.2) is 0 Å². The standard InChI is InChI=1S/C10H20O3Si/c1-8(2)14(12,9(3)4)7-6-10(11)13-5/h6-9,12H,1-5H3/b7-6+. The van der Waals surface area contributed by atoms with Crippen LogP contribution in [0, 0.1) is 0 Å². The smallest absolute Gasteiger partial charge is 0.329 e. The number of ether oxygens (including phenoxy) is 1. The highest BCUT2D eigenvalue weighted by molar-refractivity contribution is 6.80. The average molecular weight is 216 g/mol. The lowest BCUT2D eigenvalue weighted by Gasteiger charge is -2.29. The second-order valence-electron chi connectivity index (χ2n) is 4.05. The summed E-state index contributed by atoms with van der Waals surface area (Å²) in [5, 5.41) is 0. The average Bonchev–Trinajstić information content (AvgIpc) is 2.12. The van der Waals surface area contributed by atoms with Gasteiger partial charge in [0, 0.05) is 6.08 Å². The van der Waals surface area contributed by atoms with Gasteiger partial charge in [-0.3, -0.25) is 0 Å². The maximum atomic E-state index is 10.9. The molecule has 0 aromatic heterocycles. The van der Waals surface area contributed by atoms with Crippen molar-refractivity contribution in [1.82, 2.24) is 0 Å². The highest BCUT2D eigenvalue weighted by atomic mass is 28.4. The molecule has 0 fully saturated rings. The largest absolute Gasteiger partial charge is 0.466 e. The minimum absolute atomic E-state index is 0.198. The molecule has 14 heavy (non-hydrogen) atoms. The van der Waals surface area contributed by atoms with Crippen molar-refractivity contribution in [3.63, 3.8) is 0 Å². The topological polar surface area (TPSA) is 46.5 Å². The molecule has 0 spiro atoms. The Kier molecular flexibility index (Phi) is 5.08. The van der Waals surface area contributed by atoms with E-state index < -0.39 is 14.3 Å². The summed E-state index contributed by atoms with van der Waals surface area (Å²) in [6, 6.07) is 0. The van der Waals surface area contributed by atoms with Gasteiger partial charge in [0.05, 0.1) is 7.11 Å². The van der Waals surface area contributed by atoms with Gasteiger partial charge in [-0.1, -0.05) is 33.4 Å². The fraction of sp³-hybridized carbons (Fsp3) is 0.700. The maximum Gasteiger partial charge on any atom is 0.329 e. The molecule has 0 unspecified atom stereocenters. The number of rotatable bonds is 4. The van der Waals surface area contributed by atoms with Crippen LogP contribution < -0.4 is 0 Å². The van der Waals surface area contributed by atoms with E-state index in [2.05, 4.69) is 4.74 Å². The molecule has 0 radical (unpaired) electrons. The molecule has 0 aromatic carbocycles. The van der Waals surface area contributed by atoms with E-state index in [1.165, 1.54) is 13.2 Å². The van der Waals surface area contributed by atoms with Gasteiger partial charge >= 0.3 is 5.97 Å². The van der Waals surface area contributed by atoms with Crippen molar-refractivity contribution in [3.05, 3.63) is 11.8 Å². The summed E-state index contributed by atoms with van der Waals surface area (Å²) >= 11 is 0. The number of carbonyl (C=O) groups is 1. The molecule has 4 heteroatoms. The second kappa shape index (κ2) is 5.31. The van der Waals surface area contributed by atoms with E-state index >= 15 is 0 Å². The first-order chi connectivity index (χ1) is 6.34. The van der Waals surface area contributed by atoms with Crippen LogP contribution in [0.15, 0.2) is 11.8 Å². The number of methoxy groups -OCH3 is 1. The van der Waals surface area contributed by atoms with E-state index in [-0.39, 0.29) is 11.1 Å². The molecule has 0 bridgehead atoms. The predicted molar refractivity (Wildman–Crippen MR) is 59.3 cm³/mol. The third-order valence-corrected chi connectivity index (χ3v) is 6.94. The minimum Gasteiger partial charge on any atom is -0.466 e. The summed E-state index contributed by atoms with van der Waals surface area (Å²) < 4.78 is 4.49. The zero-order chi connectivity index (χ0) is 11.4. The van der Waals surface area contributed by atoms with Gasteiger partial charge in [-0.15, -0.1) is 0 Å². The van der Waals surface area contributed by atoms with Crippen LogP contribution >= 0.6 is 0 Å². The van der Waals surface area contributed by atoms with Gasteiger partial charge in [-0.05, 0) is 11.1 Å². The third-order valence-electron chi connectivity index (χ3n) is 2.54. The van der Waals surface area contributed by atoms with Gasteiger partial charge in [-0.2, -0.15) is 0 Å². The maximum absolute atomic E-state index is 10.9. The van der Waals surface area contributed by atoms with Crippen molar-refractivity contribution >= 4 is 14.3 Å². The van der Waals surface area contributed by atoms with E-state index in [0.717, 1.165) is 0 Å². The molecule has 0 saturated carbocycles. The lowest BCUT2D eigenvalue weighted by Crippen LogP contribution is -2.39. The molecule has 82 valence electrons. The molecule has 1 N–H and O–H groups in total. The molecule has 3 nitrogen and oxygen atoms in total. The molecule has 0 aliphatic heterocycles. The van der Waals surface area contributed by atoms with E-state index in [0.29, 0.717) is 0 Å². The summed E-state index contributed by atoms with van der Waals surface area (Å²) in [6.07, 6.45) is 1.34. The highest BCUT2D eigenvalue weighted by Crippen LogP contribution is 2.30. The normalized spacial score (nSPS) is 12.9. The Morgan fingerprint density at radius 3 is 2.00 bits per heavy atom. The van der Waals surface area contributed by atoms with Crippen LogP contribution in [0.1, 0.15) is 27.7 Å². The molecular weight excluding hydrogens is 196 g/mol. The second-order valence-corrected chi connectivity index (χ2v) is 8.47. The van der Waals surface area contributed by atoms with Crippen molar-refractivity contribution in [1.29, 1.82) is 0 Å². The van der Waals surface area contributed by atoms with Crippen molar-refractivity contribution in [3.8, 4) is 0 Å². The molecule has 0 atom stereocenters. The molecule has 0 heterocycles. The van der Waals surface area contributed by atoms with Crippen molar-refractivity contribution < 1.29 is 14.3 Å². The fourth-order valence-electron chi connectivity index (χ4n) is 1.32. The quantitative estimate of drug-likeness (QED) is 0.444. The first-order valence-electron chi connectivity index (χ1n) is 4.84. The Morgan fingerprint density at radius 2 is 1.71 bits per heavy atom. The summed E-state index contributed by atoms with van der Waals surface area (Å²) in [5.41, 5.74) is 2.06. The van der Waals surface area contributed by atoms with Crippen molar-refractivity contribution in [2.75, 3.05) is 7.11 Å². The Balaban J connectivity index is 4.70. The molecule has 0 saturated heterocycles. The third kappa shape index (κ3) is 3.27. The Bertz CT molecular complexity index is 213. The molecule has 0 aliphatic rings. The number of hydrogen-bond donors (Lipinski definition) is 1. The molecule has 0 aliphatic carbocycles. The van der Waals surface area contributed by atoms with E-state index in [1.807, 2.05) is 27.7 Å². The zero-order valence-electron chi connectivity index (χ0n) is 9.57. The molecule has 0 aromatic rings.